The van der Waals surface area contributed by atoms with Crippen LogP contribution in [-0.2, 0) is 33.3 Å². The molecule has 5 aliphatic heterocycles. The number of fused-ring (bicyclic) bond motifs is 6. The van der Waals surface area contributed by atoms with Crippen molar-refractivity contribution in [2.24, 2.45) is 33.6 Å². The predicted molar refractivity (Wildman–Crippen MR) is 150 cm³/mol. The number of aliphatic hydroxyl groups excluding tert-OH is 1. The molecule has 3 N–H and O–H groups in total. The van der Waals surface area contributed by atoms with Gasteiger partial charge in [-0.05, 0) is 68.8 Å². The molecule has 5 heterocycles. The highest BCUT2D eigenvalue weighted by molar-refractivity contribution is 8.01. The Labute approximate surface area is 253 Å². The summed E-state index contributed by atoms with van der Waals surface area (Å²) in [5, 5.41) is 36.8. The van der Waals surface area contributed by atoms with Gasteiger partial charge in [-0.25, -0.2) is 4.79 Å². The molecule has 15 atom stereocenters. The number of rotatable bonds is 1. The lowest BCUT2D eigenvalue weighted by Gasteiger charge is -2.65. The number of thioether (sulfide) groups is 1. The van der Waals surface area contributed by atoms with E-state index in [1.54, 1.807) is 13.1 Å². The Bertz CT molecular complexity index is 1390. The highest BCUT2D eigenvalue weighted by Gasteiger charge is 2.89. The van der Waals surface area contributed by atoms with Crippen LogP contribution in [-0.4, -0.2) is 104 Å². The predicted octanol–water partition coefficient (Wildman–Crippen LogP) is 1.26. The second-order valence-electron chi connectivity index (χ2n) is 15.0. The molecular formula is C31H39NO10S. The van der Waals surface area contributed by atoms with E-state index in [9.17, 15) is 24.9 Å². The van der Waals surface area contributed by atoms with Gasteiger partial charge in [-0.1, -0.05) is 6.92 Å². The molecule has 7 fully saturated rings. The molecule has 0 radical (unpaired) electrons. The summed E-state index contributed by atoms with van der Waals surface area (Å²) in [5.74, 6) is -3.06. The smallest absolute Gasteiger partial charge is 0.331 e. The van der Waals surface area contributed by atoms with Crippen LogP contribution in [0.3, 0.4) is 0 Å². The van der Waals surface area contributed by atoms with E-state index in [0.29, 0.717) is 49.9 Å². The lowest BCUT2D eigenvalue weighted by atomic mass is 9.41. The minimum absolute atomic E-state index is 0.0270. The van der Waals surface area contributed by atoms with Crippen molar-refractivity contribution < 1.29 is 48.6 Å². The fraction of sp³-hybridized carbons (Fsp3) is 0.839. The number of nitrogens with zero attached hydrogens (tertiary/aromatic N) is 1. The number of hydrogen-bond acceptors (Lipinski definition) is 12. The first kappa shape index (κ1) is 27.9. The minimum Gasteiger partial charge on any atom is -0.458 e. The fourth-order valence-corrected chi connectivity index (χ4v) is 12.6. The molecule has 2 spiro atoms. The number of ether oxygens (including phenoxy) is 5. The van der Waals surface area contributed by atoms with Crippen LogP contribution in [0.15, 0.2) is 16.6 Å². The number of ketones is 1. The third kappa shape index (κ3) is 3.02. The van der Waals surface area contributed by atoms with E-state index < -0.39 is 74.8 Å². The van der Waals surface area contributed by atoms with Gasteiger partial charge in [0.2, 0.25) is 6.29 Å². The van der Waals surface area contributed by atoms with Crippen molar-refractivity contribution in [3.05, 3.63) is 11.6 Å². The summed E-state index contributed by atoms with van der Waals surface area (Å²) in [4.78, 5) is 30.1. The van der Waals surface area contributed by atoms with Gasteiger partial charge in [-0.15, -0.1) is 11.8 Å². The lowest BCUT2D eigenvalue weighted by molar-refractivity contribution is -0.446. The maximum atomic E-state index is 14.4. The Morgan fingerprint density at radius 2 is 1.88 bits per heavy atom. The molecule has 4 saturated carbocycles. The number of hydrogen-bond donors (Lipinski definition) is 3. The summed E-state index contributed by atoms with van der Waals surface area (Å²) < 4.78 is 31.0. The van der Waals surface area contributed by atoms with Gasteiger partial charge in [0.25, 0.3) is 5.79 Å². The second-order valence-corrected chi connectivity index (χ2v) is 16.3. The number of epoxide rings is 1. The molecule has 0 aromatic rings. The number of carbonyl (C=O) groups is 2. The molecule has 12 heteroatoms. The van der Waals surface area contributed by atoms with E-state index in [2.05, 4.69) is 6.92 Å². The first-order chi connectivity index (χ1) is 20.3. The standard InChI is InChI=1S/C31H39NO10S/c1-14-11-29(32-6-7-43-29)31(37)25(39-14)40-18-9-16-10-20-30(42-20)23(26(16,2)12-19(18)41-31)22(34)24(35)27(3)17(4-5-28(27,30)36)15-8-21(33)38-13-15/h6,8,14,16-20,22-23,25,34,36-37H,4-5,7,9-13H2,1-3H3/t14-,16-,17-,18-,19-,20+,22+,23-,25+,26+,27+,28-,29-,30+,31-/m1/s1. The van der Waals surface area contributed by atoms with Crippen LogP contribution >= 0.6 is 11.8 Å². The average molecular weight is 618 g/mol. The minimum atomic E-state index is -1.79. The fourth-order valence-electron chi connectivity index (χ4n) is 11.3. The van der Waals surface area contributed by atoms with Gasteiger partial charge in [-0.2, -0.15) is 0 Å². The van der Waals surface area contributed by atoms with E-state index in [1.807, 2.05) is 6.92 Å². The van der Waals surface area contributed by atoms with Crippen molar-refractivity contribution in [3.63, 3.8) is 0 Å². The summed E-state index contributed by atoms with van der Waals surface area (Å²) in [6, 6.07) is 0. The molecule has 0 unspecified atom stereocenters. The van der Waals surface area contributed by atoms with Gasteiger partial charge in [-0.3, -0.25) is 9.79 Å². The van der Waals surface area contributed by atoms with Crippen LogP contribution in [0.25, 0.3) is 0 Å². The van der Waals surface area contributed by atoms with Crippen molar-refractivity contribution in [2.75, 3.05) is 12.4 Å². The Balaban J connectivity index is 1.08. The Morgan fingerprint density at radius 3 is 2.60 bits per heavy atom. The maximum absolute atomic E-state index is 14.4. The molecular weight excluding hydrogens is 578 g/mol. The van der Waals surface area contributed by atoms with Crippen molar-refractivity contribution in [1.82, 2.24) is 0 Å². The normalized spacial score (nSPS) is 61.2. The number of carbonyl (C=O) groups excluding carboxylic acids is 2. The van der Waals surface area contributed by atoms with Gasteiger partial charge in [0.05, 0.1) is 29.8 Å². The molecule has 0 bridgehead atoms. The van der Waals surface area contributed by atoms with Crippen LogP contribution in [0.4, 0.5) is 0 Å². The summed E-state index contributed by atoms with van der Waals surface area (Å²) in [6.07, 6.45) is 2.48. The summed E-state index contributed by atoms with van der Waals surface area (Å²) in [5.41, 5.74) is -3.91. The maximum Gasteiger partial charge on any atom is 0.331 e. The highest BCUT2D eigenvalue weighted by atomic mass is 32.2. The molecule has 3 saturated heterocycles. The topological polar surface area (TPSA) is 157 Å². The number of aliphatic hydroxyl groups is 3. The molecule has 4 aliphatic carbocycles. The molecule has 0 amide bonds. The van der Waals surface area contributed by atoms with E-state index >= 15 is 0 Å². The Hall–Kier alpha value is -1.38. The largest absolute Gasteiger partial charge is 0.458 e. The van der Waals surface area contributed by atoms with Gasteiger partial charge in [0.1, 0.15) is 23.9 Å². The first-order valence-electron chi connectivity index (χ1n) is 15.7. The van der Waals surface area contributed by atoms with Crippen molar-refractivity contribution in [2.45, 2.75) is 118 Å². The molecule has 11 nitrogen and oxygen atoms in total. The Morgan fingerprint density at radius 1 is 1.07 bits per heavy atom. The second kappa shape index (κ2) is 8.31. The molecule has 234 valence electrons. The summed E-state index contributed by atoms with van der Waals surface area (Å²) in [6.45, 7) is 5.87. The molecule has 43 heavy (non-hydrogen) atoms. The van der Waals surface area contributed by atoms with Crippen LogP contribution in [0.2, 0.25) is 0 Å². The molecule has 9 rings (SSSR count). The average Bonchev–Trinajstić information content (AvgIpc) is 3.21. The number of cyclic esters (lactones) is 1. The molecule has 9 aliphatic rings. The van der Waals surface area contributed by atoms with Crippen LogP contribution in [0.5, 0.6) is 0 Å². The van der Waals surface area contributed by atoms with Crippen LogP contribution in [0, 0.1) is 28.6 Å². The number of aliphatic imine (C=N–C) groups is 1. The monoisotopic (exact) mass is 617 g/mol. The van der Waals surface area contributed by atoms with Gasteiger partial charge in [0.15, 0.2) is 10.7 Å². The van der Waals surface area contributed by atoms with Gasteiger partial charge < -0.3 is 39.0 Å². The van der Waals surface area contributed by atoms with Crippen molar-refractivity contribution >= 4 is 29.7 Å². The number of Topliss-reactive ketones (excluding diaryl/α,β-unsaturated/α-hetero) is 1. The third-order valence-electron chi connectivity index (χ3n) is 13.3. The zero-order valence-electron chi connectivity index (χ0n) is 24.6. The zero-order valence-corrected chi connectivity index (χ0v) is 25.4. The van der Waals surface area contributed by atoms with E-state index in [4.69, 9.17) is 28.7 Å². The molecule has 0 aromatic carbocycles. The van der Waals surface area contributed by atoms with Crippen LogP contribution < -0.4 is 0 Å². The third-order valence-corrected chi connectivity index (χ3v) is 14.6. The van der Waals surface area contributed by atoms with Gasteiger partial charge in [0, 0.05) is 30.4 Å². The lowest BCUT2D eigenvalue weighted by Crippen LogP contribution is -2.77. The number of esters is 1. The zero-order chi connectivity index (χ0) is 29.9. The highest BCUT2D eigenvalue weighted by Crippen LogP contribution is 2.77. The first-order valence-corrected chi connectivity index (χ1v) is 16.7. The van der Waals surface area contributed by atoms with E-state index in [0.717, 1.165) is 0 Å². The quantitative estimate of drug-likeness (QED) is 0.221. The SMILES string of the molecule is C[C@@H]1C[C@]2(N=CCS2)[C@]2(O)O[C@@H]3C[C@@]4(C)[C@@H](C[C@@H]5O[C@]56[C@@H]4[C@H](O)C(=O)[C@]4(C)[C@@H](C5=CC(=O)OC5)CC[C@]64O)C[C@H]3O[C@@H]2O1. The van der Waals surface area contributed by atoms with Gasteiger partial charge >= 0.3 is 5.97 Å². The summed E-state index contributed by atoms with van der Waals surface area (Å²) >= 11 is 1.53. The van der Waals surface area contributed by atoms with Crippen molar-refractivity contribution in [1.29, 1.82) is 0 Å². The van der Waals surface area contributed by atoms with Crippen LogP contribution in [0.1, 0.15) is 59.3 Å². The molecule has 0 aromatic heterocycles. The van der Waals surface area contributed by atoms with E-state index in [-0.39, 0.29) is 30.8 Å². The summed E-state index contributed by atoms with van der Waals surface area (Å²) in [7, 11) is 0. The Kier molecular flexibility index (Phi) is 5.39. The van der Waals surface area contributed by atoms with E-state index in [1.165, 1.54) is 17.8 Å². The van der Waals surface area contributed by atoms with Crippen molar-refractivity contribution in [3.8, 4) is 0 Å².